The highest BCUT2D eigenvalue weighted by Crippen LogP contribution is 2.35. The van der Waals surface area contributed by atoms with Crippen LogP contribution in [0.3, 0.4) is 0 Å². The summed E-state index contributed by atoms with van der Waals surface area (Å²) in [5, 5.41) is 0. The SMILES string of the molecule is C=C/C=C\C1C(CCC(C)N2CCCC2CC)=CC=C(C#CC)C1C. The molecule has 1 heteroatoms. The standard InChI is InChI=1S/C24H35N/c1-6-9-13-24-20(5)21(11-7-2)16-17-22(24)15-14-19(4)25-18-10-12-23(25)8-3/h6,9,13,16-17,19-20,23-24H,1,8,10,12,14-15,18H2,2-5H3/b13-9-. The Hall–Kier alpha value is -1.52. The van der Waals surface area contributed by atoms with Gasteiger partial charge in [-0.1, -0.05) is 62.3 Å². The van der Waals surface area contributed by atoms with E-state index in [2.05, 4.69) is 68.4 Å². The van der Waals surface area contributed by atoms with Gasteiger partial charge in [0.1, 0.15) is 0 Å². The fraction of sp³-hybridized carbons (Fsp3) is 0.583. The van der Waals surface area contributed by atoms with Crippen molar-refractivity contribution in [2.75, 3.05) is 6.54 Å². The maximum atomic E-state index is 3.84. The Balaban J connectivity index is 2.07. The lowest BCUT2D eigenvalue weighted by atomic mass is 9.76. The van der Waals surface area contributed by atoms with Crippen molar-refractivity contribution in [1.29, 1.82) is 0 Å². The second-order valence-electron chi connectivity index (χ2n) is 7.50. The van der Waals surface area contributed by atoms with Gasteiger partial charge in [0.2, 0.25) is 0 Å². The zero-order chi connectivity index (χ0) is 18.2. The monoisotopic (exact) mass is 337 g/mol. The van der Waals surface area contributed by atoms with E-state index in [9.17, 15) is 0 Å². The van der Waals surface area contributed by atoms with Gasteiger partial charge in [-0.15, -0.1) is 5.92 Å². The highest BCUT2D eigenvalue weighted by Gasteiger charge is 2.28. The molecule has 1 saturated heterocycles. The van der Waals surface area contributed by atoms with E-state index in [1.807, 2.05) is 13.0 Å². The van der Waals surface area contributed by atoms with Gasteiger partial charge in [-0.2, -0.15) is 0 Å². The van der Waals surface area contributed by atoms with Crippen LogP contribution in [-0.2, 0) is 0 Å². The first kappa shape index (κ1) is 19.8. The van der Waals surface area contributed by atoms with Crippen molar-refractivity contribution < 1.29 is 0 Å². The van der Waals surface area contributed by atoms with Gasteiger partial charge in [0.25, 0.3) is 0 Å². The van der Waals surface area contributed by atoms with Crippen LogP contribution in [0.1, 0.15) is 59.8 Å². The minimum Gasteiger partial charge on any atom is -0.298 e. The first-order valence-electron chi connectivity index (χ1n) is 10.0. The van der Waals surface area contributed by atoms with Crippen molar-refractivity contribution >= 4 is 0 Å². The molecular weight excluding hydrogens is 302 g/mol. The molecule has 0 aromatic carbocycles. The number of likely N-dealkylation sites (tertiary alicyclic amines) is 1. The Morgan fingerprint density at radius 2 is 2.20 bits per heavy atom. The van der Waals surface area contributed by atoms with Gasteiger partial charge < -0.3 is 0 Å². The van der Waals surface area contributed by atoms with E-state index in [-0.39, 0.29) is 0 Å². The predicted molar refractivity (Wildman–Crippen MR) is 110 cm³/mol. The minimum absolute atomic E-state index is 0.451. The third kappa shape index (κ3) is 4.99. The molecular formula is C24H35N. The van der Waals surface area contributed by atoms with Crippen molar-refractivity contribution in [3.8, 4) is 11.8 Å². The van der Waals surface area contributed by atoms with Gasteiger partial charge in [0.05, 0.1) is 0 Å². The summed E-state index contributed by atoms with van der Waals surface area (Å²) in [5.74, 6) is 7.25. The number of hydrogen-bond acceptors (Lipinski definition) is 1. The first-order chi connectivity index (χ1) is 12.1. The van der Waals surface area contributed by atoms with Crippen LogP contribution in [-0.4, -0.2) is 23.5 Å². The quantitative estimate of drug-likeness (QED) is 0.412. The van der Waals surface area contributed by atoms with Gasteiger partial charge >= 0.3 is 0 Å². The molecule has 0 saturated carbocycles. The van der Waals surface area contributed by atoms with Gasteiger partial charge in [0.15, 0.2) is 0 Å². The number of nitrogens with zero attached hydrogens (tertiary/aromatic N) is 1. The van der Waals surface area contributed by atoms with E-state index in [1.165, 1.54) is 44.2 Å². The lowest BCUT2D eigenvalue weighted by Gasteiger charge is -2.32. The molecule has 136 valence electrons. The Morgan fingerprint density at radius 3 is 2.88 bits per heavy atom. The fourth-order valence-corrected chi connectivity index (χ4v) is 4.43. The summed E-state index contributed by atoms with van der Waals surface area (Å²) in [6.45, 7) is 14.1. The smallest absolute Gasteiger partial charge is 0.00959 e. The molecule has 1 heterocycles. The van der Waals surface area contributed by atoms with Gasteiger partial charge in [-0.05, 0) is 58.4 Å². The molecule has 0 N–H and O–H groups in total. The molecule has 2 rings (SSSR count). The average Bonchev–Trinajstić information content (AvgIpc) is 3.10. The summed E-state index contributed by atoms with van der Waals surface area (Å²) in [4.78, 5) is 2.74. The molecule has 0 aromatic rings. The van der Waals surface area contributed by atoms with E-state index in [1.54, 1.807) is 5.57 Å². The van der Waals surface area contributed by atoms with Crippen LogP contribution in [0.25, 0.3) is 0 Å². The Bertz CT molecular complexity index is 595. The topological polar surface area (TPSA) is 3.24 Å². The van der Waals surface area contributed by atoms with E-state index in [4.69, 9.17) is 0 Å². The van der Waals surface area contributed by atoms with Crippen molar-refractivity contribution in [2.24, 2.45) is 11.8 Å². The second kappa shape index (κ2) is 9.83. The molecule has 2 aliphatic rings. The van der Waals surface area contributed by atoms with E-state index < -0.39 is 0 Å². The molecule has 1 aliphatic heterocycles. The molecule has 0 spiro atoms. The van der Waals surface area contributed by atoms with Crippen LogP contribution in [0.5, 0.6) is 0 Å². The summed E-state index contributed by atoms with van der Waals surface area (Å²) in [6, 6.07) is 1.48. The zero-order valence-corrected chi connectivity index (χ0v) is 16.6. The van der Waals surface area contributed by atoms with Crippen LogP contribution in [0, 0.1) is 23.7 Å². The highest BCUT2D eigenvalue weighted by molar-refractivity contribution is 5.41. The van der Waals surface area contributed by atoms with Crippen LogP contribution < -0.4 is 0 Å². The average molecular weight is 338 g/mol. The van der Waals surface area contributed by atoms with Gasteiger partial charge in [-0.25, -0.2) is 0 Å². The lowest BCUT2D eigenvalue weighted by molar-refractivity contribution is 0.178. The van der Waals surface area contributed by atoms with Crippen molar-refractivity contribution in [3.05, 3.63) is 48.1 Å². The normalized spacial score (nSPS) is 28.2. The molecule has 0 bridgehead atoms. The van der Waals surface area contributed by atoms with E-state index in [0.717, 1.165) is 6.04 Å². The summed E-state index contributed by atoms with van der Waals surface area (Å²) in [7, 11) is 0. The van der Waals surface area contributed by atoms with Crippen LogP contribution in [0.4, 0.5) is 0 Å². The van der Waals surface area contributed by atoms with Crippen molar-refractivity contribution in [1.82, 2.24) is 4.90 Å². The zero-order valence-electron chi connectivity index (χ0n) is 16.6. The third-order valence-corrected chi connectivity index (χ3v) is 5.97. The second-order valence-corrected chi connectivity index (χ2v) is 7.50. The molecule has 0 amide bonds. The molecule has 25 heavy (non-hydrogen) atoms. The third-order valence-electron chi connectivity index (χ3n) is 5.97. The largest absolute Gasteiger partial charge is 0.298 e. The maximum absolute atomic E-state index is 3.84. The summed E-state index contributed by atoms with van der Waals surface area (Å²) < 4.78 is 0. The Morgan fingerprint density at radius 1 is 1.40 bits per heavy atom. The lowest BCUT2D eigenvalue weighted by Crippen LogP contribution is -2.37. The number of rotatable bonds is 7. The Labute approximate surface area is 155 Å². The first-order valence-corrected chi connectivity index (χ1v) is 10.0. The Kier molecular flexibility index (Phi) is 7.79. The molecule has 0 aromatic heterocycles. The van der Waals surface area contributed by atoms with E-state index >= 15 is 0 Å². The number of allylic oxidation sites excluding steroid dienone is 7. The molecule has 4 atom stereocenters. The van der Waals surface area contributed by atoms with Gasteiger partial charge in [0, 0.05) is 23.6 Å². The highest BCUT2D eigenvalue weighted by atomic mass is 15.2. The number of hydrogen-bond donors (Lipinski definition) is 0. The summed E-state index contributed by atoms with van der Waals surface area (Å²) in [5.41, 5.74) is 2.80. The van der Waals surface area contributed by atoms with Crippen molar-refractivity contribution in [2.45, 2.75) is 71.9 Å². The van der Waals surface area contributed by atoms with Crippen LogP contribution >= 0.6 is 0 Å². The summed E-state index contributed by atoms with van der Waals surface area (Å²) in [6.07, 6.45) is 17.3. The summed E-state index contributed by atoms with van der Waals surface area (Å²) >= 11 is 0. The van der Waals surface area contributed by atoms with Crippen molar-refractivity contribution in [3.63, 3.8) is 0 Å². The van der Waals surface area contributed by atoms with Crippen LogP contribution in [0.15, 0.2) is 48.1 Å². The van der Waals surface area contributed by atoms with E-state index in [0.29, 0.717) is 17.9 Å². The molecule has 1 aliphatic carbocycles. The molecule has 1 fully saturated rings. The maximum Gasteiger partial charge on any atom is 0.00959 e. The predicted octanol–water partition coefficient (Wildman–Crippen LogP) is 5.91. The molecule has 0 radical (unpaired) electrons. The fourth-order valence-electron chi connectivity index (χ4n) is 4.43. The van der Waals surface area contributed by atoms with Crippen LogP contribution in [0.2, 0.25) is 0 Å². The molecule has 1 nitrogen and oxygen atoms in total. The van der Waals surface area contributed by atoms with Gasteiger partial charge in [-0.3, -0.25) is 4.90 Å². The minimum atomic E-state index is 0.451. The molecule has 4 unspecified atom stereocenters.